The number of alkyl halides is 3. The second-order valence-electron chi connectivity index (χ2n) is 6.19. The van der Waals surface area contributed by atoms with Crippen molar-refractivity contribution in [3.8, 4) is 0 Å². The van der Waals surface area contributed by atoms with E-state index in [2.05, 4.69) is 22.9 Å². The number of halogens is 3. The molecule has 156 valence electrons. The Morgan fingerprint density at radius 2 is 1.82 bits per heavy atom. The maximum atomic E-state index is 12.1. The van der Waals surface area contributed by atoms with Gasteiger partial charge < -0.3 is 21.1 Å². The molecule has 1 unspecified atom stereocenters. The Balaban J connectivity index is 2.61. The van der Waals surface area contributed by atoms with Gasteiger partial charge in [0.25, 0.3) is 0 Å². The van der Waals surface area contributed by atoms with Gasteiger partial charge >= 0.3 is 5.97 Å². The van der Waals surface area contributed by atoms with Gasteiger partial charge in [-0.3, -0.25) is 4.79 Å². The lowest BCUT2D eigenvalue weighted by Crippen LogP contribution is -2.56. The molecule has 1 atom stereocenters. The molecule has 0 aliphatic heterocycles. The Morgan fingerprint density at radius 1 is 1.14 bits per heavy atom. The van der Waals surface area contributed by atoms with Crippen molar-refractivity contribution in [1.29, 1.82) is 0 Å². The number of unbranched alkanes of at least 4 members (excludes halogenated alkanes) is 4. The van der Waals surface area contributed by atoms with Crippen LogP contribution in [0.15, 0.2) is 24.3 Å². The minimum Gasteiger partial charge on any atom is -0.478 e. The molecule has 1 rings (SSSR count). The van der Waals surface area contributed by atoms with Crippen LogP contribution < -0.4 is 16.0 Å². The molecular weight excluding hydrogens is 445 g/mol. The van der Waals surface area contributed by atoms with Crippen molar-refractivity contribution in [2.75, 3.05) is 5.32 Å². The van der Waals surface area contributed by atoms with Crippen LogP contribution in [0.3, 0.4) is 0 Å². The number of carboxylic acid groups (broad SMARTS) is 1. The number of thiocarbonyl (C=S) groups is 1. The smallest absolute Gasteiger partial charge is 0.335 e. The molecule has 0 spiro atoms. The first-order valence-electron chi connectivity index (χ1n) is 8.90. The lowest BCUT2D eigenvalue weighted by molar-refractivity contribution is -0.122. The maximum absolute atomic E-state index is 12.1. The molecule has 0 heterocycles. The summed E-state index contributed by atoms with van der Waals surface area (Å²) < 4.78 is -1.84. The van der Waals surface area contributed by atoms with E-state index < -0.39 is 15.9 Å². The highest BCUT2D eigenvalue weighted by molar-refractivity contribution is 7.80. The fourth-order valence-corrected chi connectivity index (χ4v) is 2.91. The van der Waals surface area contributed by atoms with Crippen LogP contribution >= 0.6 is 47.0 Å². The summed E-state index contributed by atoms with van der Waals surface area (Å²) in [5, 5.41) is 17.3. The zero-order valence-corrected chi connectivity index (χ0v) is 18.5. The predicted molar refractivity (Wildman–Crippen MR) is 118 cm³/mol. The molecule has 0 radical (unpaired) electrons. The normalized spacial score (nSPS) is 12.1. The molecule has 6 nitrogen and oxygen atoms in total. The Labute approximate surface area is 185 Å². The molecule has 28 heavy (non-hydrogen) atoms. The van der Waals surface area contributed by atoms with Gasteiger partial charge in [0.2, 0.25) is 9.70 Å². The number of benzene rings is 1. The third-order valence-electron chi connectivity index (χ3n) is 3.78. The van der Waals surface area contributed by atoms with Crippen molar-refractivity contribution in [3.05, 3.63) is 29.8 Å². The number of carbonyl (C=O) groups is 2. The van der Waals surface area contributed by atoms with Gasteiger partial charge in [-0.25, -0.2) is 4.79 Å². The number of nitrogens with one attached hydrogen (secondary N) is 3. The van der Waals surface area contributed by atoms with Crippen LogP contribution in [0.2, 0.25) is 0 Å². The summed E-state index contributed by atoms with van der Waals surface area (Å²) in [4.78, 5) is 23.2. The second-order valence-corrected chi connectivity index (χ2v) is 8.97. The number of carbonyl (C=O) groups excluding carboxylic acids is 1. The minimum atomic E-state index is -1.84. The number of hydrogen-bond acceptors (Lipinski definition) is 3. The summed E-state index contributed by atoms with van der Waals surface area (Å²) in [6.45, 7) is 2.12. The minimum absolute atomic E-state index is 0.0714. The largest absolute Gasteiger partial charge is 0.478 e. The van der Waals surface area contributed by atoms with Crippen molar-refractivity contribution in [2.24, 2.45) is 0 Å². The van der Waals surface area contributed by atoms with Gasteiger partial charge in [-0.15, -0.1) is 0 Å². The highest BCUT2D eigenvalue weighted by Gasteiger charge is 2.34. The van der Waals surface area contributed by atoms with Gasteiger partial charge in [0, 0.05) is 12.1 Å². The Bertz CT molecular complexity index is 684. The first-order valence-corrected chi connectivity index (χ1v) is 10.4. The molecule has 0 bridgehead atoms. The predicted octanol–water partition coefficient (Wildman–Crippen LogP) is 4.84. The van der Waals surface area contributed by atoms with Crippen LogP contribution in [0.4, 0.5) is 5.69 Å². The van der Waals surface area contributed by atoms with E-state index >= 15 is 0 Å². The highest BCUT2D eigenvalue weighted by Crippen LogP contribution is 2.29. The van der Waals surface area contributed by atoms with E-state index in [1.807, 2.05) is 0 Å². The molecule has 0 saturated heterocycles. The number of aromatic carboxylic acids is 1. The quantitative estimate of drug-likeness (QED) is 0.170. The third-order valence-corrected chi connectivity index (χ3v) is 4.66. The molecule has 0 saturated carbocycles. The number of amides is 1. The average Bonchev–Trinajstić information content (AvgIpc) is 2.60. The van der Waals surface area contributed by atoms with E-state index in [1.54, 1.807) is 12.1 Å². The van der Waals surface area contributed by atoms with Crippen LogP contribution in [0.1, 0.15) is 55.8 Å². The number of rotatable bonds is 10. The molecule has 0 aliphatic rings. The van der Waals surface area contributed by atoms with Gasteiger partial charge in [-0.1, -0.05) is 73.5 Å². The molecular formula is C18H24Cl3N3O3S. The lowest BCUT2D eigenvalue weighted by Gasteiger charge is -2.27. The molecule has 1 amide bonds. The van der Waals surface area contributed by atoms with Gasteiger partial charge in [0.1, 0.15) is 6.17 Å². The summed E-state index contributed by atoms with van der Waals surface area (Å²) in [5.74, 6) is -1.32. The maximum Gasteiger partial charge on any atom is 0.335 e. The Hall–Kier alpha value is -1.28. The van der Waals surface area contributed by atoms with Crippen molar-refractivity contribution in [3.63, 3.8) is 0 Å². The Morgan fingerprint density at radius 3 is 2.43 bits per heavy atom. The summed E-state index contributed by atoms with van der Waals surface area (Å²) in [6, 6.07) is 6.07. The van der Waals surface area contributed by atoms with E-state index in [9.17, 15) is 9.59 Å². The average molecular weight is 469 g/mol. The summed E-state index contributed by atoms with van der Waals surface area (Å²) in [7, 11) is 0. The fraction of sp³-hybridized carbons (Fsp3) is 0.500. The topological polar surface area (TPSA) is 90.5 Å². The van der Waals surface area contributed by atoms with Crippen LogP contribution in [0.5, 0.6) is 0 Å². The van der Waals surface area contributed by atoms with Gasteiger partial charge in [0.05, 0.1) is 5.56 Å². The number of hydrogen-bond donors (Lipinski definition) is 4. The highest BCUT2D eigenvalue weighted by atomic mass is 35.6. The van der Waals surface area contributed by atoms with Crippen LogP contribution in [-0.2, 0) is 4.79 Å². The van der Waals surface area contributed by atoms with Crippen molar-refractivity contribution < 1.29 is 14.7 Å². The fourth-order valence-electron chi connectivity index (χ4n) is 2.35. The molecule has 0 fully saturated rings. The zero-order chi connectivity index (χ0) is 21.2. The van der Waals surface area contributed by atoms with E-state index in [-0.39, 0.29) is 16.6 Å². The molecule has 1 aromatic rings. The summed E-state index contributed by atoms with van der Waals surface area (Å²) in [6.07, 6.45) is 4.34. The second kappa shape index (κ2) is 12.3. The number of carboxylic acids is 1. The van der Waals surface area contributed by atoms with E-state index in [0.29, 0.717) is 12.1 Å². The lowest BCUT2D eigenvalue weighted by atomic mass is 10.1. The van der Waals surface area contributed by atoms with Gasteiger partial charge in [-0.05, 0) is 36.8 Å². The van der Waals surface area contributed by atoms with Crippen LogP contribution in [0.25, 0.3) is 0 Å². The molecule has 4 N–H and O–H groups in total. The van der Waals surface area contributed by atoms with E-state index in [1.165, 1.54) is 12.1 Å². The monoisotopic (exact) mass is 467 g/mol. The summed E-state index contributed by atoms with van der Waals surface area (Å²) >= 11 is 23.0. The van der Waals surface area contributed by atoms with Crippen LogP contribution in [-0.4, -0.2) is 32.1 Å². The first kappa shape index (κ1) is 24.8. The van der Waals surface area contributed by atoms with Crippen molar-refractivity contribution >= 4 is 69.7 Å². The third kappa shape index (κ3) is 9.78. The SMILES string of the molecule is CCCCCCCC(=O)NC(NC(=S)Nc1cccc(C(=O)O)c1)C(Cl)(Cl)Cl. The molecule has 10 heteroatoms. The molecule has 0 aliphatic carbocycles. The molecule has 1 aromatic carbocycles. The van der Waals surface area contributed by atoms with Gasteiger partial charge in [-0.2, -0.15) is 0 Å². The van der Waals surface area contributed by atoms with E-state index in [4.69, 9.17) is 52.1 Å². The van der Waals surface area contributed by atoms with E-state index in [0.717, 1.165) is 32.1 Å². The zero-order valence-electron chi connectivity index (χ0n) is 15.4. The Kier molecular flexibility index (Phi) is 10.9. The first-order chi connectivity index (χ1) is 13.1. The number of anilines is 1. The molecule has 0 aromatic heterocycles. The standard InChI is InChI=1S/C18H24Cl3N3O3S/c1-2-3-4-5-6-10-14(25)23-16(18(19,20)21)24-17(28)22-13-9-7-8-12(11-13)15(26)27/h7-9,11,16H,2-6,10H2,1H3,(H,23,25)(H,26,27)(H2,22,24,28). The van der Waals surface area contributed by atoms with Crippen molar-refractivity contribution in [2.45, 2.75) is 55.4 Å². The van der Waals surface area contributed by atoms with Crippen molar-refractivity contribution in [1.82, 2.24) is 10.6 Å². The summed E-state index contributed by atoms with van der Waals surface area (Å²) in [5.41, 5.74) is 0.546. The van der Waals surface area contributed by atoms with Crippen LogP contribution in [0, 0.1) is 0 Å². The van der Waals surface area contributed by atoms with Gasteiger partial charge in [0.15, 0.2) is 5.11 Å².